The molecule has 0 aromatic carbocycles. The lowest BCUT2D eigenvalue weighted by molar-refractivity contribution is 0.0811. The number of rotatable bonds is 22. The molecular weight excluding hydrogens is 415 g/mol. The number of aliphatic hydroxyl groups excluding tert-OH is 1. The Morgan fingerprint density at radius 3 is 1.55 bits per heavy atom. The molecule has 0 rings (SSSR count). The molecule has 0 aliphatic heterocycles. The second-order valence-electron chi connectivity index (χ2n) is 9.24. The van der Waals surface area contributed by atoms with E-state index in [2.05, 4.69) is 27.7 Å². The van der Waals surface area contributed by atoms with Crippen molar-refractivity contribution in [3.05, 3.63) is 0 Å². The Hall–Kier alpha value is 0.0300. The molecule has 0 fully saturated rings. The Labute approximate surface area is 191 Å². The topological polar surface area (TPSA) is 96.2 Å². The van der Waals surface area contributed by atoms with Crippen LogP contribution in [0.4, 0.5) is 0 Å². The van der Waals surface area contributed by atoms with Gasteiger partial charge in [-0.3, -0.25) is 4.52 Å². The first-order valence-corrected chi connectivity index (χ1v) is 14.1. The summed E-state index contributed by atoms with van der Waals surface area (Å²) in [6.45, 7) is 10.7. The van der Waals surface area contributed by atoms with E-state index in [0.717, 1.165) is 64.6 Å². The molecule has 0 aliphatic rings. The van der Waals surface area contributed by atoms with Crippen molar-refractivity contribution < 1.29 is 28.7 Å². The smallest absolute Gasteiger partial charge is 0.396 e. The molecular formula is C24H51O6P. The van der Waals surface area contributed by atoms with Gasteiger partial charge >= 0.3 is 7.82 Å². The van der Waals surface area contributed by atoms with E-state index in [-0.39, 0.29) is 12.0 Å². The molecule has 0 saturated carbocycles. The van der Waals surface area contributed by atoms with E-state index in [1.54, 1.807) is 0 Å². The Morgan fingerprint density at radius 1 is 0.677 bits per heavy atom. The van der Waals surface area contributed by atoms with Crippen LogP contribution in [-0.4, -0.2) is 41.3 Å². The van der Waals surface area contributed by atoms with Crippen LogP contribution in [0.1, 0.15) is 118 Å². The van der Waals surface area contributed by atoms with Crippen molar-refractivity contribution in [3.63, 3.8) is 0 Å². The maximum atomic E-state index is 11.0. The maximum absolute atomic E-state index is 11.0. The van der Waals surface area contributed by atoms with Crippen LogP contribution < -0.4 is 0 Å². The largest absolute Gasteiger partial charge is 0.469 e. The predicted molar refractivity (Wildman–Crippen MR) is 128 cm³/mol. The number of ether oxygens (including phenoxy) is 1. The van der Waals surface area contributed by atoms with Gasteiger partial charge in [0.25, 0.3) is 0 Å². The van der Waals surface area contributed by atoms with Gasteiger partial charge in [-0.1, -0.05) is 66.2 Å². The molecule has 0 saturated heterocycles. The highest BCUT2D eigenvalue weighted by molar-refractivity contribution is 7.46. The molecule has 31 heavy (non-hydrogen) atoms. The van der Waals surface area contributed by atoms with Gasteiger partial charge in [0.15, 0.2) is 0 Å². The van der Waals surface area contributed by atoms with E-state index in [1.165, 1.54) is 38.5 Å². The van der Waals surface area contributed by atoms with Gasteiger partial charge in [-0.05, 0) is 62.2 Å². The summed E-state index contributed by atoms with van der Waals surface area (Å²) in [5.74, 6) is 0. The van der Waals surface area contributed by atoms with E-state index in [9.17, 15) is 4.57 Å². The zero-order valence-corrected chi connectivity index (χ0v) is 21.6. The van der Waals surface area contributed by atoms with E-state index in [1.807, 2.05) is 0 Å². The first-order chi connectivity index (χ1) is 14.7. The lowest BCUT2D eigenvalue weighted by Crippen LogP contribution is -2.25. The minimum absolute atomic E-state index is 0.113. The summed E-state index contributed by atoms with van der Waals surface area (Å²) in [6, 6.07) is 0. The lowest BCUT2D eigenvalue weighted by atomic mass is 9.74. The van der Waals surface area contributed by atoms with Gasteiger partial charge in [-0.15, -0.1) is 0 Å². The third kappa shape index (κ3) is 14.7. The Kier molecular flexibility index (Phi) is 17.5. The van der Waals surface area contributed by atoms with Crippen LogP contribution in [0.5, 0.6) is 0 Å². The highest BCUT2D eigenvalue weighted by Gasteiger charge is 2.29. The third-order valence-electron chi connectivity index (χ3n) is 7.40. The minimum atomic E-state index is -4.41. The fourth-order valence-electron chi connectivity index (χ4n) is 4.48. The number of hydrogen-bond acceptors (Lipinski definition) is 4. The number of phosphoric ester groups is 1. The van der Waals surface area contributed by atoms with Crippen molar-refractivity contribution in [1.82, 2.24) is 0 Å². The Morgan fingerprint density at radius 2 is 1.13 bits per heavy atom. The standard InChI is InChI=1S/C24H51O6P/c1-5-23(6-2,16-10-9-13-19-25)17-11-14-20-29-21-15-12-18-24(7-3,8-4)22-30-31(26,27)28/h25H,5-22H2,1-4H3,(H2,26,27,28). The first-order valence-electron chi connectivity index (χ1n) is 12.6. The second-order valence-corrected chi connectivity index (χ2v) is 10.5. The highest BCUT2D eigenvalue weighted by atomic mass is 31.2. The molecule has 6 nitrogen and oxygen atoms in total. The van der Waals surface area contributed by atoms with Crippen molar-refractivity contribution in [2.45, 2.75) is 118 Å². The molecule has 0 atom stereocenters. The van der Waals surface area contributed by atoms with E-state index < -0.39 is 7.82 Å². The number of hydrogen-bond donors (Lipinski definition) is 3. The van der Waals surface area contributed by atoms with Gasteiger partial charge in [0, 0.05) is 19.8 Å². The number of unbranched alkanes of at least 4 members (excludes halogenated alkanes) is 4. The van der Waals surface area contributed by atoms with Crippen molar-refractivity contribution in [1.29, 1.82) is 0 Å². The van der Waals surface area contributed by atoms with Crippen molar-refractivity contribution in [3.8, 4) is 0 Å². The second kappa shape index (κ2) is 17.5. The van der Waals surface area contributed by atoms with Gasteiger partial charge in [0.1, 0.15) is 0 Å². The molecule has 3 N–H and O–H groups in total. The summed E-state index contributed by atoms with van der Waals surface area (Å²) >= 11 is 0. The molecule has 0 bridgehead atoms. The number of phosphoric acid groups is 1. The van der Waals surface area contributed by atoms with E-state index in [0.29, 0.717) is 12.0 Å². The summed E-state index contributed by atoms with van der Waals surface area (Å²) in [5.41, 5.74) is 0.288. The van der Waals surface area contributed by atoms with Crippen LogP contribution in [0.25, 0.3) is 0 Å². The summed E-state index contributed by atoms with van der Waals surface area (Å²) in [4.78, 5) is 18.0. The van der Waals surface area contributed by atoms with Crippen molar-refractivity contribution in [2.24, 2.45) is 10.8 Å². The Balaban J connectivity index is 4.01. The lowest BCUT2D eigenvalue weighted by Gasteiger charge is -2.32. The van der Waals surface area contributed by atoms with Crippen molar-refractivity contribution in [2.75, 3.05) is 26.4 Å². The van der Waals surface area contributed by atoms with Crippen LogP contribution in [-0.2, 0) is 13.8 Å². The number of aliphatic hydroxyl groups is 1. The molecule has 7 heteroatoms. The van der Waals surface area contributed by atoms with Gasteiger partial charge < -0.3 is 19.6 Å². The molecule has 0 aromatic rings. The van der Waals surface area contributed by atoms with Crippen LogP contribution in [0.2, 0.25) is 0 Å². The predicted octanol–water partition coefficient (Wildman–Crippen LogP) is 6.62. The average molecular weight is 467 g/mol. The van der Waals surface area contributed by atoms with Gasteiger partial charge in [-0.25, -0.2) is 4.57 Å². The molecule has 188 valence electrons. The zero-order valence-electron chi connectivity index (χ0n) is 20.7. The zero-order chi connectivity index (χ0) is 23.6. The van der Waals surface area contributed by atoms with E-state index in [4.69, 9.17) is 24.2 Å². The highest BCUT2D eigenvalue weighted by Crippen LogP contribution is 2.42. The summed E-state index contributed by atoms with van der Waals surface area (Å²) in [7, 11) is -4.41. The van der Waals surface area contributed by atoms with E-state index >= 15 is 0 Å². The monoisotopic (exact) mass is 466 g/mol. The first kappa shape index (κ1) is 31.0. The quantitative estimate of drug-likeness (QED) is 0.123. The molecule has 0 heterocycles. The third-order valence-corrected chi connectivity index (χ3v) is 7.86. The average Bonchev–Trinajstić information content (AvgIpc) is 2.76. The summed E-state index contributed by atoms with van der Waals surface area (Å²) < 4.78 is 21.7. The van der Waals surface area contributed by atoms with Crippen molar-refractivity contribution >= 4 is 7.82 Å². The van der Waals surface area contributed by atoms with Gasteiger partial charge in [0.2, 0.25) is 0 Å². The molecule has 0 amide bonds. The molecule has 0 spiro atoms. The molecule has 0 radical (unpaired) electrons. The Bertz CT molecular complexity index is 457. The van der Waals surface area contributed by atoms with Crippen LogP contribution >= 0.6 is 7.82 Å². The molecule has 0 aliphatic carbocycles. The SMILES string of the molecule is CCC(CC)(CCCCCO)CCCCOCCCCC(CC)(CC)COP(=O)(O)O. The fourth-order valence-corrected chi connectivity index (χ4v) is 4.92. The van der Waals surface area contributed by atoms with Crippen LogP contribution in [0.15, 0.2) is 0 Å². The fraction of sp³-hybridized carbons (Fsp3) is 1.00. The van der Waals surface area contributed by atoms with Crippen LogP contribution in [0, 0.1) is 10.8 Å². The van der Waals surface area contributed by atoms with Crippen LogP contribution in [0.3, 0.4) is 0 Å². The molecule has 0 aromatic heterocycles. The van der Waals surface area contributed by atoms with Gasteiger partial charge in [0.05, 0.1) is 6.61 Å². The maximum Gasteiger partial charge on any atom is 0.469 e. The minimum Gasteiger partial charge on any atom is -0.396 e. The molecule has 0 unspecified atom stereocenters. The summed E-state index contributed by atoms with van der Waals surface area (Å²) in [6.07, 6.45) is 15.1. The van der Waals surface area contributed by atoms with Gasteiger partial charge in [-0.2, -0.15) is 0 Å². The normalized spacial score (nSPS) is 13.1. The summed E-state index contributed by atoms with van der Waals surface area (Å²) in [5, 5.41) is 8.96.